The fourth-order valence-corrected chi connectivity index (χ4v) is 4.69. The van der Waals surface area contributed by atoms with Gasteiger partial charge in [0.1, 0.15) is 0 Å². The van der Waals surface area contributed by atoms with Crippen LogP contribution in [0.4, 0.5) is 8.78 Å². The topological polar surface area (TPSA) is 53.2 Å². The SMILES string of the molecule is Cc1cccc(C2=CC3CC2N(C(=O)Cc2cc4c(F)c(F)ccc4[nH]c2=O)C3)c1. The summed E-state index contributed by atoms with van der Waals surface area (Å²) < 4.78 is 27.7. The van der Waals surface area contributed by atoms with Crippen molar-refractivity contribution in [2.75, 3.05) is 6.54 Å². The predicted octanol–water partition coefficient (Wildman–Crippen LogP) is 3.97. The number of fused-ring (bicyclic) bond motifs is 3. The Bertz CT molecular complexity index is 1280. The maximum atomic E-state index is 14.1. The molecule has 2 aliphatic rings. The Balaban J connectivity index is 1.43. The first kappa shape index (κ1) is 18.7. The Kier molecular flexibility index (Phi) is 4.31. The first-order valence-electron chi connectivity index (χ1n) is 9.99. The molecule has 2 unspecified atom stereocenters. The molecular weight excluding hydrogens is 386 g/mol. The zero-order chi connectivity index (χ0) is 21.0. The van der Waals surface area contributed by atoms with Gasteiger partial charge in [0.25, 0.3) is 5.56 Å². The first-order valence-corrected chi connectivity index (χ1v) is 9.99. The van der Waals surface area contributed by atoms with Gasteiger partial charge in [-0.1, -0.05) is 35.9 Å². The van der Waals surface area contributed by atoms with Crippen LogP contribution in [-0.2, 0) is 11.2 Å². The number of benzene rings is 2. The quantitative estimate of drug-likeness (QED) is 0.716. The van der Waals surface area contributed by atoms with Crippen LogP contribution in [0.2, 0.25) is 0 Å². The number of H-pyrrole nitrogens is 1. The fourth-order valence-electron chi connectivity index (χ4n) is 4.69. The lowest BCUT2D eigenvalue weighted by atomic mass is 9.98. The number of hydrogen-bond donors (Lipinski definition) is 1. The third kappa shape index (κ3) is 3.03. The van der Waals surface area contributed by atoms with Crippen molar-refractivity contribution in [3.05, 3.63) is 87.2 Å². The minimum Gasteiger partial charge on any atom is -0.335 e. The molecule has 1 aliphatic heterocycles. The summed E-state index contributed by atoms with van der Waals surface area (Å²) in [6.45, 7) is 2.65. The van der Waals surface area contributed by atoms with Gasteiger partial charge >= 0.3 is 0 Å². The highest BCUT2D eigenvalue weighted by Gasteiger charge is 2.41. The second kappa shape index (κ2) is 6.90. The van der Waals surface area contributed by atoms with E-state index < -0.39 is 17.2 Å². The number of aromatic nitrogens is 1. The van der Waals surface area contributed by atoms with E-state index in [1.807, 2.05) is 30.0 Å². The van der Waals surface area contributed by atoms with Gasteiger partial charge in [0.05, 0.1) is 18.0 Å². The zero-order valence-corrected chi connectivity index (χ0v) is 16.4. The molecule has 2 bridgehead atoms. The van der Waals surface area contributed by atoms with Crippen molar-refractivity contribution in [2.45, 2.75) is 25.8 Å². The molecule has 5 rings (SSSR count). The molecule has 1 N–H and O–H groups in total. The monoisotopic (exact) mass is 406 g/mol. The third-order valence-corrected chi connectivity index (χ3v) is 6.11. The fraction of sp³-hybridized carbons (Fsp3) is 0.250. The number of carbonyl (C=O) groups excluding carboxylic acids is 1. The van der Waals surface area contributed by atoms with Crippen LogP contribution in [-0.4, -0.2) is 28.4 Å². The number of aromatic amines is 1. The lowest BCUT2D eigenvalue weighted by Gasteiger charge is -2.29. The molecule has 0 spiro atoms. The van der Waals surface area contributed by atoms with Gasteiger partial charge in [0.2, 0.25) is 5.91 Å². The normalized spacial score (nSPS) is 20.1. The summed E-state index contributed by atoms with van der Waals surface area (Å²) in [5, 5.41) is -0.0271. The third-order valence-electron chi connectivity index (χ3n) is 6.11. The van der Waals surface area contributed by atoms with E-state index in [1.165, 1.54) is 12.1 Å². The van der Waals surface area contributed by atoms with Gasteiger partial charge in [-0.15, -0.1) is 0 Å². The summed E-state index contributed by atoms with van der Waals surface area (Å²) in [6.07, 6.45) is 2.97. The van der Waals surface area contributed by atoms with Crippen molar-refractivity contribution < 1.29 is 13.6 Å². The van der Waals surface area contributed by atoms with E-state index in [4.69, 9.17) is 0 Å². The minimum absolute atomic E-state index is 0.0157. The molecule has 3 aromatic rings. The standard InChI is InChI=1S/C24H20F2N2O2/c1-13-3-2-4-15(7-13)17-8-14-9-21(17)28(12-14)22(29)11-16-10-18-20(27-24(16)30)6-5-19(25)23(18)26/h2-8,10,14,21H,9,11-12H2,1H3,(H,27,30). The summed E-state index contributed by atoms with van der Waals surface area (Å²) in [5.74, 6) is -1.89. The predicted molar refractivity (Wildman–Crippen MR) is 111 cm³/mol. The van der Waals surface area contributed by atoms with E-state index in [0.717, 1.165) is 29.2 Å². The van der Waals surface area contributed by atoms with Gasteiger partial charge < -0.3 is 9.88 Å². The Hall–Kier alpha value is -3.28. The number of likely N-dealkylation sites (tertiary alicyclic amines) is 1. The molecule has 4 nitrogen and oxygen atoms in total. The maximum Gasteiger partial charge on any atom is 0.252 e. The van der Waals surface area contributed by atoms with E-state index in [9.17, 15) is 18.4 Å². The highest BCUT2D eigenvalue weighted by atomic mass is 19.2. The molecule has 2 aromatic carbocycles. The molecule has 0 saturated carbocycles. The Morgan fingerprint density at radius 1 is 1.20 bits per heavy atom. The van der Waals surface area contributed by atoms with Gasteiger partial charge in [0.15, 0.2) is 11.6 Å². The number of hydrogen-bond acceptors (Lipinski definition) is 2. The molecule has 1 aliphatic carbocycles. The van der Waals surface area contributed by atoms with Gasteiger partial charge in [-0.25, -0.2) is 8.78 Å². The van der Waals surface area contributed by atoms with E-state index >= 15 is 0 Å². The van der Waals surface area contributed by atoms with Gasteiger partial charge in [-0.3, -0.25) is 9.59 Å². The lowest BCUT2D eigenvalue weighted by Crippen LogP contribution is -2.39. The second-order valence-corrected chi connectivity index (χ2v) is 8.17. The molecule has 1 saturated heterocycles. The minimum atomic E-state index is -1.03. The number of amides is 1. The number of rotatable bonds is 3. The van der Waals surface area contributed by atoms with Crippen molar-refractivity contribution in [3.63, 3.8) is 0 Å². The van der Waals surface area contributed by atoms with Crippen molar-refractivity contribution >= 4 is 22.4 Å². The molecule has 1 aromatic heterocycles. The Labute approximate surface area is 171 Å². The summed E-state index contributed by atoms with van der Waals surface area (Å²) >= 11 is 0. The maximum absolute atomic E-state index is 14.1. The molecule has 0 radical (unpaired) electrons. The zero-order valence-electron chi connectivity index (χ0n) is 16.4. The van der Waals surface area contributed by atoms with E-state index in [2.05, 4.69) is 17.1 Å². The number of nitrogens with zero attached hydrogens (tertiary/aromatic N) is 1. The Morgan fingerprint density at radius 2 is 2.03 bits per heavy atom. The number of halogens is 2. The molecule has 152 valence electrons. The highest BCUT2D eigenvalue weighted by Crippen LogP contribution is 2.42. The van der Waals surface area contributed by atoms with Crippen molar-refractivity contribution in [2.24, 2.45) is 5.92 Å². The summed E-state index contributed by atoms with van der Waals surface area (Å²) in [6, 6.07) is 11.8. The molecule has 6 heteroatoms. The second-order valence-electron chi connectivity index (χ2n) is 8.17. The van der Waals surface area contributed by atoms with Gasteiger partial charge in [-0.05, 0) is 48.6 Å². The molecule has 1 amide bonds. The largest absolute Gasteiger partial charge is 0.335 e. The molecule has 2 atom stereocenters. The number of carbonyl (C=O) groups is 1. The van der Waals surface area contributed by atoms with Crippen LogP contribution >= 0.6 is 0 Å². The summed E-state index contributed by atoms with van der Waals surface area (Å²) in [5.41, 5.74) is 3.30. The summed E-state index contributed by atoms with van der Waals surface area (Å²) in [4.78, 5) is 29.8. The van der Waals surface area contributed by atoms with Crippen LogP contribution in [0.1, 0.15) is 23.1 Å². The van der Waals surface area contributed by atoms with Gasteiger partial charge in [0, 0.05) is 17.5 Å². The highest BCUT2D eigenvalue weighted by molar-refractivity contribution is 5.86. The molecule has 1 fully saturated rings. The first-order chi connectivity index (χ1) is 14.4. The molecular formula is C24H20F2N2O2. The molecule has 30 heavy (non-hydrogen) atoms. The van der Waals surface area contributed by atoms with E-state index in [-0.39, 0.29) is 34.8 Å². The number of pyridine rings is 1. The van der Waals surface area contributed by atoms with Crippen molar-refractivity contribution in [1.82, 2.24) is 9.88 Å². The number of aryl methyl sites for hydroxylation is 1. The van der Waals surface area contributed by atoms with Gasteiger partial charge in [-0.2, -0.15) is 0 Å². The average molecular weight is 406 g/mol. The lowest BCUT2D eigenvalue weighted by molar-refractivity contribution is -0.130. The van der Waals surface area contributed by atoms with Crippen LogP contribution in [0.5, 0.6) is 0 Å². The Morgan fingerprint density at radius 3 is 2.80 bits per heavy atom. The van der Waals surface area contributed by atoms with Crippen molar-refractivity contribution in [3.8, 4) is 0 Å². The molecule has 2 heterocycles. The van der Waals surface area contributed by atoms with E-state index in [1.54, 1.807) is 0 Å². The van der Waals surface area contributed by atoms with Crippen LogP contribution in [0.3, 0.4) is 0 Å². The summed E-state index contributed by atoms with van der Waals surface area (Å²) in [7, 11) is 0. The van der Waals surface area contributed by atoms with Crippen LogP contribution in [0.15, 0.2) is 53.3 Å². The van der Waals surface area contributed by atoms with Crippen molar-refractivity contribution in [1.29, 1.82) is 0 Å². The van der Waals surface area contributed by atoms with Crippen LogP contribution in [0, 0.1) is 24.5 Å². The number of nitrogens with one attached hydrogen (secondary N) is 1. The smallest absolute Gasteiger partial charge is 0.252 e. The average Bonchev–Trinajstić information content (AvgIpc) is 3.33. The van der Waals surface area contributed by atoms with E-state index in [0.29, 0.717) is 12.5 Å². The van der Waals surface area contributed by atoms with Crippen LogP contribution < -0.4 is 5.56 Å². The van der Waals surface area contributed by atoms with Crippen LogP contribution in [0.25, 0.3) is 16.5 Å².